The summed E-state index contributed by atoms with van der Waals surface area (Å²) in [4.78, 5) is 25.4. The first-order valence-electron chi connectivity index (χ1n) is 6.26. The monoisotopic (exact) mass is 271 g/mol. The van der Waals surface area contributed by atoms with Gasteiger partial charge in [-0.15, -0.1) is 0 Å². The van der Waals surface area contributed by atoms with Crippen LogP contribution in [0.2, 0.25) is 0 Å². The standard InChI is InChI=1S/C15H17N3O2/c1-11-3-6-13(7-4-11)17(2)15(20)10-18-9-12(16)5-8-14(18)19/h3-9H,10,16H2,1-2H3. The third kappa shape index (κ3) is 3.06. The number of carbonyl (C=O) groups excluding carboxylic acids is 1. The van der Waals surface area contributed by atoms with Crippen LogP contribution in [0.25, 0.3) is 0 Å². The molecule has 0 atom stereocenters. The molecule has 2 rings (SSSR count). The van der Waals surface area contributed by atoms with Crippen LogP contribution >= 0.6 is 0 Å². The Kier molecular flexibility index (Phi) is 3.89. The van der Waals surface area contributed by atoms with E-state index < -0.39 is 0 Å². The molecule has 0 spiro atoms. The van der Waals surface area contributed by atoms with Gasteiger partial charge >= 0.3 is 0 Å². The SMILES string of the molecule is Cc1ccc(N(C)C(=O)Cn2cc(N)ccc2=O)cc1. The molecule has 0 aliphatic rings. The zero-order valence-corrected chi connectivity index (χ0v) is 11.5. The fourth-order valence-electron chi connectivity index (χ4n) is 1.84. The van der Waals surface area contributed by atoms with Crippen molar-refractivity contribution in [1.82, 2.24) is 4.57 Å². The Labute approximate surface area is 117 Å². The largest absolute Gasteiger partial charge is 0.398 e. The molecule has 5 heteroatoms. The molecule has 20 heavy (non-hydrogen) atoms. The highest BCUT2D eigenvalue weighted by Crippen LogP contribution is 2.13. The number of nitrogens with two attached hydrogens (primary N) is 1. The number of nitrogens with zero attached hydrogens (tertiary/aromatic N) is 2. The lowest BCUT2D eigenvalue weighted by molar-refractivity contribution is -0.118. The summed E-state index contributed by atoms with van der Waals surface area (Å²) in [6, 6.07) is 10.5. The molecule has 1 heterocycles. The number of anilines is 2. The van der Waals surface area contributed by atoms with Crippen molar-refractivity contribution in [3.8, 4) is 0 Å². The van der Waals surface area contributed by atoms with Crippen LogP contribution in [0.15, 0.2) is 47.4 Å². The van der Waals surface area contributed by atoms with Gasteiger partial charge in [-0.1, -0.05) is 17.7 Å². The van der Waals surface area contributed by atoms with Crippen LogP contribution in [-0.4, -0.2) is 17.5 Å². The van der Waals surface area contributed by atoms with Crippen LogP contribution in [0.5, 0.6) is 0 Å². The number of aryl methyl sites for hydroxylation is 1. The molecule has 1 aromatic heterocycles. The molecule has 2 aromatic rings. The number of hydrogen-bond acceptors (Lipinski definition) is 3. The molecule has 0 saturated heterocycles. The van der Waals surface area contributed by atoms with Crippen molar-refractivity contribution in [2.24, 2.45) is 0 Å². The summed E-state index contributed by atoms with van der Waals surface area (Å²) in [7, 11) is 1.68. The van der Waals surface area contributed by atoms with Crippen LogP contribution < -0.4 is 16.2 Å². The zero-order chi connectivity index (χ0) is 14.7. The van der Waals surface area contributed by atoms with E-state index in [1.807, 2.05) is 31.2 Å². The third-order valence-electron chi connectivity index (χ3n) is 3.11. The van der Waals surface area contributed by atoms with Crippen LogP contribution in [0.4, 0.5) is 11.4 Å². The topological polar surface area (TPSA) is 68.3 Å². The van der Waals surface area contributed by atoms with E-state index in [0.29, 0.717) is 5.69 Å². The van der Waals surface area contributed by atoms with Crippen molar-refractivity contribution in [3.63, 3.8) is 0 Å². The van der Waals surface area contributed by atoms with E-state index >= 15 is 0 Å². The number of amides is 1. The van der Waals surface area contributed by atoms with E-state index in [1.165, 1.54) is 27.8 Å². The van der Waals surface area contributed by atoms with E-state index in [9.17, 15) is 9.59 Å². The van der Waals surface area contributed by atoms with Gasteiger partial charge in [0.25, 0.3) is 5.56 Å². The molecule has 5 nitrogen and oxygen atoms in total. The highest BCUT2D eigenvalue weighted by Gasteiger charge is 2.12. The number of aromatic nitrogens is 1. The summed E-state index contributed by atoms with van der Waals surface area (Å²) < 4.78 is 1.31. The molecule has 104 valence electrons. The van der Waals surface area contributed by atoms with Gasteiger partial charge in [0.1, 0.15) is 6.54 Å². The van der Waals surface area contributed by atoms with Gasteiger partial charge in [0.15, 0.2) is 0 Å². The number of carbonyl (C=O) groups is 1. The number of hydrogen-bond donors (Lipinski definition) is 1. The first kappa shape index (κ1) is 13.9. The number of pyridine rings is 1. The summed E-state index contributed by atoms with van der Waals surface area (Å²) in [6.45, 7) is 1.95. The van der Waals surface area contributed by atoms with Crippen molar-refractivity contribution >= 4 is 17.3 Å². The molecule has 1 aromatic carbocycles. The quantitative estimate of drug-likeness (QED) is 0.917. The molecule has 0 unspecified atom stereocenters. The minimum Gasteiger partial charge on any atom is -0.398 e. The van der Waals surface area contributed by atoms with Gasteiger partial charge < -0.3 is 15.2 Å². The van der Waals surface area contributed by atoms with Crippen molar-refractivity contribution in [1.29, 1.82) is 0 Å². The van der Waals surface area contributed by atoms with E-state index in [4.69, 9.17) is 5.73 Å². The second-order valence-corrected chi connectivity index (χ2v) is 4.72. The van der Waals surface area contributed by atoms with Crippen LogP contribution in [-0.2, 0) is 11.3 Å². The lowest BCUT2D eigenvalue weighted by atomic mass is 10.2. The fraction of sp³-hybridized carbons (Fsp3) is 0.200. The Morgan fingerprint density at radius 3 is 2.50 bits per heavy atom. The number of benzene rings is 1. The Balaban J connectivity index is 2.17. The maximum atomic E-state index is 12.2. The first-order valence-corrected chi connectivity index (χ1v) is 6.26. The Hall–Kier alpha value is -2.56. The van der Waals surface area contributed by atoms with Crippen LogP contribution in [0.3, 0.4) is 0 Å². The van der Waals surface area contributed by atoms with Gasteiger partial charge in [-0.3, -0.25) is 9.59 Å². The lowest BCUT2D eigenvalue weighted by Crippen LogP contribution is -2.33. The molecular weight excluding hydrogens is 254 g/mol. The minimum atomic E-state index is -0.246. The van der Waals surface area contributed by atoms with Crippen molar-refractivity contribution < 1.29 is 4.79 Å². The lowest BCUT2D eigenvalue weighted by Gasteiger charge is -2.18. The first-order chi connectivity index (χ1) is 9.47. The Morgan fingerprint density at radius 2 is 1.85 bits per heavy atom. The van der Waals surface area contributed by atoms with Gasteiger partial charge in [-0.05, 0) is 25.1 Å². The predicted molar refractivity (Wildman–Crippen MR) is 79.7 cm³/mol. The van der Waals surface area contributed by atoms with Gasteiger partial charge in [-0.25, -0.2) is 0 Å². The van der Waals surface area contributed by atoms with Crippen molar-refractivity contribution in [2.45, 2.75) is 13.5 Å². The summed E-state index contributed by atoms with van der Waals surface area (Å²) >= 11 is 0. The summed E-state index contributed by atoms with van der Waals surface area (Å²) in [6.07, 6.45) is 1.48. The molecular formula is C15H17N3O2. The summed E-state index contributed by atoms with van der Waals surface area (Å²) in [5, 5.41) is 0. The highest BCUT2D eigenvalue weighted by atomic mass is 16.2. The summed E-state index contributed by atoms with van der Waals surface area (Å²) in [5.41, 5.74) is 7.75. The second kappa shape index (κ2) is 5.61. The Bertz CT molecular complexity index is 674. The highest BCUT2D eigenvalue weighted by molar-refractivity contribution is 5.92. The van der Waals surface area contributed by atoms with Gasteiger partial charge in [0, 0.05) is 30.7 Å². The maximum Gasteiger partial charge on any atom is 0.251 e. The van der Waals surface area contributed by atoms with Crippen LogP contribution in [0.1, 0.15) is 5.56 Å². The minimum absolute atomic E-state index is 0.0335. The van der Waals surface area contributed by atoms with E-state index in [1.54, 1.807) is 7.05 Å². The van der Waals surface area contributed by atoms with Crippen molar-refractivity contribution in [3.05, 3.63) is 58.5 Å². The summed E-state index contributed by atoms with van der Waals surface area (Å²) in [5.74, 6) is -0.179. The van der Waals surface area contributed by atoms with Gasteiger partial charge in [-0.2, -0.15) is 0 Å². The van der Waals surface area contributed by atoms with Crippen molar-refractivity contribution in [2.75, 3.05) is 17.7 Å². The number of nitrogen functional groups attached to an aromatic ring is 1. The maximum absolute atomic E-state index is 12.2. The van der Waals surface area contributed by atoms with Gasteiger partial charge in [0.05, 0.1) is 0 Å². The van der Waals surface area contributed by atoms with E-state index in [-0.39, 0.29) is 18.0 Å². The average molecular weight is 271 g/mol. The average Bonchev–Trinajstić information content (AvgIpc) is 2.43. The third-order valence-corrected chi connectivity index (χ3v) is 3.11. The predicted octanol–water partition coefficient (Wildman–Crippen LogP) is 1.40. The zero-order valence-electron chi connectivity index (χ0n) is 11.5. The van der Waals surface area contributed by atoms with E-state index in [2.05, 4.69) is 0 Å². The molecule has 0 saturated carbocycles. The number of likely N-dealkylation sites (N-methyl/N-ethyl adjacent to an activating group) is 1. The smallest absolute Gasteiger partial charge is 0.251 e. The number of rotatable bonds is 3. The molecule has 0 bridgehead atoms. The molecule has 0 aliphatic heterocycles. The second-order valence-electron chi connectivity index (χ2n) is 4.72. The molecule has 1 amide bonds. The fourth-order valence-corrected chi connectivity index (χ4v) is 1.84. The van der Waals surface area contributed by atoms with Gasteiger partial charge in [0.2, 0.25) is 5.91 Å². The molecule has 2 N–H and O–H groups in total. The normalized spacial score (nSPS) is 10.3. The van der Waals surface area contributed by atoms with E-state index in [0.717, 1.165) is 11.3 Å². The molecule has 0 radical (unpaired) electrons. The van der Waals surface area contributed by atoms with Crippen LogP contribution in [0, 0.1) is 6.92 Å². The molecule has 0 aliphatic carbocycles. The molecule has 0 fully saturated rings. The Morgan fingerprint density at radius 1 is 1.20 bits per heavy atom.